The van der Waals surface area contributed by atoms with Crippen molar-refractivity contribution in [2.45, 2.75) is 12.4 Å². The molecule has 4 heteroatoms. The van der Waals surface area contributed by atoms with Gasteiger partial charge in [0.25, 0.3) is 0 Å². The van der Waals surface area contributed by atoms with Crippen molar-refractivity contribution in [1.82, 2.24) is 9.55 Å². The lowest BCUT2D eigenvalue weighted by Crippen LogP contribution is -2.03. The molecule has 3 rings (SSSR count). The van der Waals surface area contributed by atoms with E-state index in [-0.39, 0.29) is 0 Å². The van der Waals surface area contributed by atoms with E-state index in [2.05, 4.69) is 15.6 Å². The second-order valence-electron chi connectivity index (χ2n) is 4.36. The van der Waals surface area contributed by atoms with Crippen molar-refractivity contribution in [2.24, 2.45) is 0 Å². The van der Waals surface area contributed by atoms with E-state index >= 15 is 0 Å². The highest BCUT2D eigenvalue weighted by Gasteiger charge is 2.09. The molecule has 0 amide bonds. The zero-order chi connectivity index (χ0) is 13.2. The monoisotopic (exact) mass is 290 g/mol. The SMILES string of the molecule is ClCc1nc2ccccc2n1Cc1ccc(Cl)cc1. The van der Waals surface area contributed by atoms with Crippen LogP contribution in [0.2, 0.25) is 5.02 Å². The first kappa shape index (κ1) is 12.5. The van der Waals surface area contributed by atoms with Gasteiger partial charge in [-0.05, 0) is 29.8 Å². The van der Waals surface area contributed by atoms with Crippen LogP contribution in [0.4, 0.5) is 0 Å². The van der Waals surface area contributed by atoms with Gasteiger partial charge < -0.3 is 4.57 Å². The second kappa shape index (κ2) is 5.24. The molecule has 19 heavy (non-hydrogen) atoms. The zero-order valence-corrected chi connectivity index (χ0v) is 11.7. The molecular formula is C15H12Cl2N2. The van der Waals surface area contributed by atoms with E-state index in [0.29, 0.717) is 5.88 Å². The van der Waals surface area contributed by atoms with Gasteiger partial charge in [-0.1, -0.05) is 35.9 Å². The maximum absolute atomic E-state index is 5.99. The Bertz CT molecular complexity index is 702. The summed E-state index contributed by atoms with van der Waals surface area (Å²) >= 11 is 11.9. The second-order valence-corrected chi connectivity index (χ2v) is 5.07. The third-order valence-electron chi connectivity index (χ3n) is 3.11. The number of rotatable bonds is 3. The maximum Gasteiger partial charge on any atom is 0.125 e. The van der Waals surface area contributed by atoms with Crippen LogP contribution in [0.15, 0.2) is 48.5 Å². The van der Waals surface area contributed by atoms with Gasteiger partial charge in [0.15, 0.2) is 0 Å². The summed E-state index contributed by atoms with van der Waals surface area (Å²) in [6.45, 7) is 0.750. The molecule has 0 aliphatic heterocycles. The Kier molecular flexibility index (Phi) is 3.45. The van der Waals surface area contributed by atoms with Gasteiger partial charge in [-0.2, -0.15) is 0 Å². The van der Waals surface area contributed by atoms with E-state index in [4.69, 9.17) is 23.2 Å². The van der Waals surface area contributed by atoms with Crippen LogP contribution in [-0.2, 0) is 12.4 Å². The summed E-state index contributed by atoms with van der Waals surface area (Å²) in [5.41, 5.74) is 3.26. The fraction of sp³-hybridized carbons (Fsp3) is 0.133. The fourth-order valence-electron chi connectivity index (χ4n) is 2.18. The minimum absolute atomic E-state index is 0.405. The highest BCUT2D eigenvalue weighted by molar-refractivity contribution is 6.30. The largest absolute Gasteiger partial charge is 0.322 e. The van der Waals surface area contributed by atoms with Crippen molar-refractivity contribution < 1.29 is 0 Å². The molecule has 0 saturated carbocycles. The van der Waals surface area contributed by atoms with Crippen molar-refractivity contribution in [2.75, 3.05) is 0 Å². The molecule has 0 aliphatic carbocycles. The number of halogens is 2. The number of hydrogen-bond acceptors (Lipinski definition) is 1. The van der Waals surface area contributed by atoms with E-state index < -0.39 is 0 Å². The lowest BCUT2D eigenvalue weighted by Gasteiger charge is -2.08. The molecule has 0 atom stereocenters. The van der Waals surface area contributed by atoms with E-state index in [9.17, 15) is 0 Å². The molecule has 0 fully saturated rings. The van der Waals surface area contributed by atoms with Crippen molar-refractivity contribution in [3.05, 3.63) is 64.9 Å². The van der Waals surface area contributed by atoms with Crippen molar-refractivity contribution in [1.29, 1.82) is 0 Å². The molecule has 2 nitrogen and oxygen atoms in total. The molecule has 0 spiro atoms. The molecule has 0 unspecified atom stereocenters. The van der Waals surface area contributed by atoms with Crippen molar-refractivity contribution in [3.63, 3.8) is 0 Å². The van der Waals surface area contributed by atoms with Crippen LogP contribution in [0.3, 0.4) is 0 Å². The Morgan fingerprint density at radius 3 is 2.47 bits per heavy atom. The predicted molar refractivity (Wildman–Crippen MR) is 79.8 cm³/mol. The van der Waals surface area contributed by atoms with Crippen LogP contribution in [0.5, 0.6) is 0 Å². The van der Waals surface area contributed by atoms with Crippen LogP contribution in [0.1, 0.15) is 11.4 Å². The molecule has 96 valence electrons. The molecular weight excluding hydrogens is 279 g/mol. The van der Waals surface area contributed by atoms with Gasteiger partial charge in [0, 0.05) is 11.6 Å². The Balaban J connectivity index is 2.06. The van der Waals surface area contributed by atoms with Gasteiger partial charge in [-0.3, -0.25) is 0 Å². The standard InChI is InChI=1S/C15H12Cl2N2/c16-9-15-18-13-3-1-2-4-14(13)19(15)10-11-5-7-12(17)8-6-11/h1-8H,9-10H2. The molecule has 3 aromatic rings. The molecule has 2 aromatic carbocycles. The number of para-hydroxylation sites is 2. The summed E-state index contributed by atoms with van der Waals surface area (Å²) in [6.07, 6.45) is 0. The first-order valence-electron chi connectivity index (χ1n) is 6.02. The fourth-order valence-corrected chi connectivity index (χ4v) is 2.51. The summed E-state index contributed by atoms with van der Waals surface area (Å²) in [7, 11) is 0. The third-order valence-corrected chi connectivity index (χ3v) is 3.60. The number of aromatic nitrogens is 2. The Morgan fingerprint density at radius 1 is 1.00 bits per heavy atom. The molecule has 1 aromatic heterocycles. The molecule has 1 heterocycles. The highest BCUT2D eigenvalue weighted by atomic mass is 35.5. The maximum atomic E-state index is 5.99. The smallest absolute Gasteiger partial charge is 0.125 e. The average Bonchev–Trinajstić information content (AvgIpc) is 2.79. The van der Waals surface area contributed by atoms with Gasteiger partial charge in [0.1, 0.15) is 5.82 Å². The lowest BCUT2D eigenvalue weighted by atomic mass is 10.2. The van der Waals surface area contributed by atoms with E-state index in [1.165, 1.54) is 5.56 Å². The minimum atomic E-state index is 0.405. The van der Waals surface area contributed by atoms with Crippen LogP contribution in [0, 0.1) is 0 Å². The Hall–Kier alpha value is -1.51. The molecule has 0 N–H and O–H groups in total. The summed E-state index contributed by atoms with van der Waals surface area (Å²) in [5.74, 6) is 1.29. The molecule has 0 radical (unpaired) electrons. The number of fused-ring (bicyclic) bond motifs is 1. The van der Waals surface area contributed by atoms with Gasteiger partial charge in [0.05, 0.1) is 16.9 Å². The molecule has 0 aliphatic rings. The quantitative estimate of drug-likeness (QED) is 0.651. The predicted octanol–water partition coefficient (Wildman–Crippen LogP) is 4.48. The lowest BCUT2D eigenvalue weighted by molar-refractivity contribution is 0.779. The van der Waals surface area contributed by atoms with E-state index in [1.807, 2.05) is 42.5 Å². The van der Waals surface area contributed by atoms with Gasteiger partial charge in [-0.25, -0.2) is 4.98 Å². The van der Waals surface area contributed by atoms with E-state index in [1.54, 1.807) is 0 Å². The Labute approximate surface area is 121 Å². The first-order chi connectivity index (χ1) is 9.28. The topological polar surface area (TPSA) is 17.8 Å². The number of hydrogen-bond donors (Lipinski definition) is 0. The Morgan fingerprint density at radius 2 is 1.74 bits per heavy atom. The van der Waals surface area contributed by atoms with Crippen molar-refractivity contribution in [3.8, 4) is 0 Å². The minimum Gasteiger partial charge on any atom is -0.322 e. The van der Waals surface area contributed by atoms with Crippen LogP contribution < -0.4 is 0 Å². The van der Waals surface area contributed by atoms with Gasteiger partial charge in [-0.15, -0.1) is 11.6 Å². The van der Waals surface area contributed by atoms with E-state index in [0.717, 1.165) is 28.4 Å². The average molecular weight is 291 g/mol. The summed E-state index contributed by atoms with van der Waals surface area (Å²) < 4.78 is 2.14. The molecule has 0 saturated heterocycles. The molecule has 0 bridgehead atoms. The highest BCUT2D eigenvalue weighted by Crippen LogP contribution is 2.19. The third kappa shape index (κ3) is 2.46. The normalized spacial score (nSPS) is 11.1. The number of imidazole rings is 1. The number of benzene rings is 2. The summed E-state index contributed by atoms with van der Waals surface area (Å²) in [4.78, 5) is 4.55. The van der Waals surface area contributed by atoms with Crippen LogP contribution in [0.25, 0.3) is 11.0 Å². The van der Waals surface area contributed by atoms with Gasteiger partial charge in [0.2, 0.25) is 0 Å². The van der Waals surface area contributed by atoms with Crippen molar-refractivity contribution >= 4 is 34.2 Å². The van der Waals surface area contributed by atoms with Crippen LogP contribution >= 0.6 is 23.2 Å². The number of nitrogens with zero attached hydrogens (tertiary/aromatic N) is 2. The van der Waals surface area contributed by atoms with Gasteiger partial charge >= 0.3 is 0 Å². The summed E-state index contributed by atoms with van der Waals surface area (Å²) in [6, 6.07) is 15.9. The van der Waals surface area contributed by atoms with Crippen LogP contribution in [-0.4, -0.2) is 9.55 Å². The first-order valence-corrected chi connectivity index (χ1v) is 6.94. The zero-order valence-electron chi connectivity index (χ0n) is 10.2. The number of alkyl halides is 1. The summed E-state index contributed by atoms with van der Waals surface area (Å²) in [5, 5.41) is 0.747.